The van der Waals surface area contributed by atoms with Gasteiger partial charge in [0.05, 0.1) is 18.8 Å². The van der Waals surface area contributed by atoms with Gasteiger partial charge in [-0.05, 0) is 18.1 Å². The van der Waals surface area contributed by atoms with E-state index in [0.717, 1.165) is 0 Å². The zero-order chi connectivity index (χ0) is 27.9. The second-order valence-electron chi connectivity index (χ2n) is 11.8. The van der Waals surface area contributed by atoms with Gasteiger partial charge in [-0.2, -0.15) is 0 Å². The summed E-state index contributed by atoms with van der Waals surface area (Å²) in [6.45, 7) is 10.2. The lowest BCUT2D eigenvalue weighted by molar-refractivity contribution is -0.276. The van der Waals surface area contributed by atoms with Crippen molar-refractivity contribution in [3.05, 3.63) is 11.1 Å². The standard InChI is InChI=1S/C26H38O11/c1-11-15(35-12(2)27)9-26(33)22(32)20-24(7,16(30)8-17(36-13(3)28)25(20)10-34-25)21(31)19(37-14(4)29)18(11)23(26,5)6/h15-17,19-22,30-33H,8-10H2,1-7H3/t15?,16-,17-,19+,20-,21-,22-,24+,25-,26+/m0/s1. The van der Waals surface area contributed by atoms with Crippen LogP contribution in [0.4, 0.5) is 0 Å². The molecule has 1 unspecified atom stereocenters. The van der Waals surface area contributed by atoms with Crippen LogP contribution in [-0.4, -0.2) is 92.8 Å². The van der Waals surface area contributed by atoms with E-state index in [2.05, 4.69) is 0 Å². The van der Waals surface area contributed by atoms with Gasteiger partial charge < -0.3 is 39.4 Å². The van der Waals surface area contributed by atoms with Crippen LogP contribution in [-0.2, 0) is 33.3 Å². The van der Waals surface area contributed by atoms with Gasteiger partial charge in [0.15, 0.2) is 6.10 Å². The molecular weight excluding hydrogens is 488 g/mol. The third kappa shape index (κ3) is 3.84. The Balaban J connectivity index is 2.01. The fourth-order valence-electron chi connectivity index (χ4n) is 7.43. The van der Waals surface area contributed by atoms with Crippen LogP contribution in [0.3, 0.4) is 0 Å². The third-order valence-corrected chi connectivity index (χ3v) is 9.46. The third-order valence-electron chi connectivity index (χ3n) is 9.46. The largest absolute Gasteiger partial charge is 0.459 e. The van der Waals surface area contributed by atoms with E-state index in [4.69, 9.17) is 18.9 Å². The number of hydrogen-bond donors (Lipinski definition) is 4. The summed E-state index contributed by atoms with van der Waals surface area (Å²) in [5.41, 5.74) is -5.40. The van der Waals surface area contributed by atoms with Crippen LogP contribution >= 0.6 is 0 Å². The van der Waals surface area contributed by atoms with Gasteiger partial charge >= 0.3 is 17.9 Å². The second kappa shape index (κ2) is 8.74. The Morgan fingerprint density at radius 1 is 0.919 bits per heavy atom. The van der Waals surface area contributed by atoms with E-state index >= 15 is 0 Å². The van der Waals surface area contributed by atoms with E-state index in [-0.39, 0.29) is 19.4 Å². The summed E-state index contributed by atoms with van der Waals surface area (Å²) in [4.78, 5) is 36.2. The highest BCUT2D eigenvalue weighted by Gasteiger charge is 2.77. The Bertz CT molecular complexity index is 1030. The SMILES string of the molecule is CC(=O)OC1C[C@@]2(O)[C@@H](O)[C@@H]3[C@]4(CO4)[C@@H](OC(C)=O)C[C@H](O)[C@@]3(C)[C@@H](O)[C@H](OC(C)=O)C(=C1C)C2(C)C. The minimum atomic E-state index is -2.00. The predicted molar refractivity (Wildman–Crippen MR) is 126 cm³/mol. The molecule has 1 spiro atoms. The fourth-order valence-corrected chi connectivity index (χ4v) is 7.43. The minimum Gasteiger partial charge on any atom is -0.459 e. The Morgan fingerprint density at radius 2 is 1.46 bits per heavy atom. The zero-order valence-corrected chi connectivity index (χ0v) is 22.3. The van der Waals surface area contributed by atoms with E-state index in [9.17, 15) is 34.8 Å². The van der Waals surface area contributed by atoms with Crippen LogP contribution in [0, 0.1) is 16.7 Å². The molecule has 0 radical (unpaired) electrons. The number of rotatable bonds is 3. The molecule has 0 amide bonds. The van der Waals surface area contributed by atoms with Crippen molar-refractivity contribution >= 4 is 17.9 Å². The summed E-state index contributed by atoms with van der Waals surface area (Å²) >= 11 is 0. The monoisotopic (exact) mass is 526 g/mol. The van der Waals surface area contributed by atoms with Crippen LogP contribution in [0.2, 0.25) is 0 Å². The maximum atomic E-state index is 12.4. The molecule has 1 saturated heterocycles. The first-order chi connectivity index (χ1) is 16.9. The van der Waals surface area contributed by atoms with Crippen molar-refractivity contribution < 1.29 is 53.8 Å². The molecule has 11 nitrogen and oxygen atoms in total. The summed E-state index contributed by atoms with van der Waals surface area (Å²) < 4.78 is 22.6. The van der Waals surface area contributed by atoms with Crippen molar-refractivity contribution in [2.24, 2.45) is 16.7 Å². The van der Waals surface area contributed by atoms with Gasteiger partial charge in [-0.3, -0.25) is 14.4 Å². The molecule has 208 valence electrons. The number of aliphatic hydroxyl groups is 4. The molecule has 1 heterocycles. The first-order valence-electron chi connectivity index (χ1n) is 12.6. The highest BCUT2D eigenvalue weighted by atomic mass is 16.6. The number of carbonyl (C=O) groups excluding carboxylic acids is 3. The highest BCUT2D eigenvalue weighted by molar-refractivity contribution is 5.68. The number of ether oxygens (including phenoxy) is 4. The van der Waals surface area contributed by atoms with Crippen LogP contribution < -0.4 is 0 Å². The summed E-state index contributed by atoms with van der Waals surface area (Å²) in [5.74, 6) is -3.10. The van der Waals surface area contributed by atoms with Gasteiger partial charge in [-0.1, -0.05) is 20.8 Å². The smallest absolute Gasteiger partial charge is 0.303 e. The van der Waals surface area contributed by atoms with Gasteiger partial charge in [-0.25, -0.2) is 0 Å². The van der Waals surface area contributed by atoms with Crippen molar-refractivity contribution in [2.75, 3.05) is 6.61 Å². The quantitative estimate of drug-likeness (QED) is 0.171. The van der Waals surface area contributed by atoms with Gasteiger partial charge in [0.1, 0.15) is 29.5 Å². The van der Waals surface area contributed by atoms with Crippen LogP contribution in [0.15, 0.2) is 11.1 Å². The summed E-state index contributed by atoms with van der Waals surface area (Å²) in [7, 11) is 0. The van der Waals surface area contributed by atoms with Crippen molar-refractivity contribution in [1.29, 1.82) is 0 Å². The van der Waals surface area contributed by atoms with Gasteiger partial charge in [-0.15, -0.1) is 0 Å². The molecule has 4 N–H and O–H groups in total. The highest BCUT2D eigenvalue weighted by Crippen LogP contribution is 2.65. The number of aliphatic hydroxyl groups excluding tert-OH is 3. The van der Waals surface area contributed by atoms with E-state index in [1.807, 2.05) is 0 Å². The summed E-state index contributed by atoms with van der Waals surface area (Å²) in [6.07, 6.45) is -8.14. The number of epoxide rings is 1. The molecule has 37 heavy (non-hydrogen) atoms. The Kier molecular flexibility index (Phi) is 6.61. The lowest BCUT2D eigenvalue weighted by Crippen LogP contribution is -2.75. The molecule has 0 aromatic carbocycles. The molecule has 3 aliphatic carbocycles. The maximum Gasteiger partial charge on any atom is 0.303 e. The average Bonchev–Trinajstić information content (AvgIpc) is 3.54. The first kappa shape index (κ1) is 28.0. The lowest BCUT2D eigenvalue weighted by Gasteiger charge is -2.63. The average molecular weight is 527 g/mol. The summed E-state index contributed by atoms with van der Waals surface area (Å²) in [6, 6.07) is 0. The Hall–Kier alpha value is -2.05. The number of carbonyl (C=O) groups is 3. The zero-order valence-electron chi connectivity index (χ0n) is 22.3. The Labute approximate surface area is 215 Å². The normalized spacial score (nSPS) is 46.3. The molecular formula is C26H38O11. The number of hydrogen-bond acceptors (Lipinski definition) is 11. The molecule has 3 fully saturated rings. The molecule has 11 heteroatoms. The van der Waals surface area contributed by atoms with E-state index in [1.54, 1.807) is 27.7 Å². The molecule has 2 saturated carbocycles. The molecule has 2 bridgehead atoms. The summed E-state index contributed by atoms with van der Waals surface area (Å²) in [5, 5.41) is 47.9. The predicted octanol–water partition coefficient (Wildman–Crippen LogP) is 0.151. The van der Waals surface area contributed by atoms with E-state index < -0.39 is 82.5 Å². The van der Waals surface area contributed by atoms with Crippen molar-refractivity contribution in [2.45, 2.75) is 109 Å². The Morgan fingerprint density at radius 3 is 1.95 bits per heavy atom. The van der Waals surface area contributed by atoms with Crippen LogP contribution in [0.1, 0.15) is 61.3 Å². The van der Waals surface area contributed by atoms with Crippen molar-refractivity contribution in [1.82, 2.24) is 0 Å². The molecule has 4 aliphatic rings. The fraction of sp³-hybridized carbons (Fsp3) is 0.808. The van der Waals surface area contributed by atoms with E-state index in [0.29, 0.717) is 11.1 Å². The molecule has 4 rings (SSSR count). The number of esters is 3. The van der Waals surface area contributed by atoms with E-state index in [1.165, 1.54) is 20.8 Å². The molecule has 10 atom stereocenters. The van der Waals surface area contributed by atoms with Gasteiger partial charge in [0, 0.05) is 50.4 Å². The topological polar surface area (TPSA) is 172 Å². The van der Waals surface area contributed by atoms with Crippen LogP contribution in [0.5, 0.6) is 0 Å². The number of fused-ring (bicyclic) bond motifs is 4. The van der Waals surface area contributed by atoms with Crippen molar-refractivity contribution in [3.63, 3.8) is 0 Å². The second-order valence-corrected chi connectivity index (χ2v) is 11.8. The molecule has 0 aromatic heterocycles. The van der Waals surface area contributed by atoms with Gasteiger partial charge in [0.25, 0.3) is 0 Å². The molecule has 1 aliphatic heterocycles. The minimum absolute atomic E-state index is 0.0472. The molecule has 0 aromatic rings. The lowest BCUT2D eigenvalue weighted by atomic mass is 9.46. The maximum absolute atomic E-state index is 12.4. The van der Waals surface area contributed by atoms with Crippen molar-refractivity contribution in [3.8, 4) is 0 Å². The van der Waals surface area contributed by atoms with Crippen LogP contribution in [0.25, 0.3) is 0 Å². The first-order valence-corrected chi connectivity index (χ1v) is 12.6. The van der Waals surface area contributed by atoms with Gasteiger partial charge in [0.2, 0.25) is 0 Å².